The number of likely N-dealkylation sites (N-methyl/N-ethyl adjacent to an activating group) is 1. The Morgan fingerprint density at radius 1 is 1.08 bits per heavy atom. The lowest BCUT2D eigenvalue weighted by Gasteiger charge is -2.52. The summed E-state index contributed by atoms with van der Waals surface area (Å²) >= 11 is 6.52. The summed E-state index contributed by atoms with van der Waals surface area (Å²) in [6.45, 7) is 17.4. The number of hydrogen-bond acceptors (Lipinski definition) is 7. The molecule has 1 unspecified atom stereocenters. The molecular formula is C42H59ClN4O4S. The number of nitrogens with zero attached hydrogens (tertiary/aromatic N) is 3. The maximum absolute atomic E-state index is 14.1. The first-order valence-electron chi connectivity index (χ1n) is 19.7. The van der Waals surface area contributed by atoms with Crippen LogP contribution in [0, 0.1) is 17.8 Å². The van der Waals surface area contributed by atoms with Crippen molar-refractivity contribution in [3.63, 3.8) is 0 Å². The summed E-state index contributed by atoms with van der Waals surface area (Å²) in [6, 6.07) is 12.1. The number of rotatable bonds is 5. The molecule has 2 fully saturated rings. The lowest BCUT2D eigenvalue weighted by atomic mass is 9.63. The van der Waals surface area contributed by atoms with Crippen molar-refractivity contribution < 1.29 is 18.5 Å². The van der Waals surface area contributed by atoms with E-state index >= 15 is 0 Å². The predicted octanol–water partition coefficient (Wildman–Crippen LogP) is 6.60. The number of nitrogens with one attached hydrogen (secondary N) is 1. The average molecular weight is 751 g/mol. The van der Waals surface area contributed by atoms with Gasteiger partial charge in [-0.1, -0.05) is 43.7 Å². The number of halogens is 1. The maximum Gasteiger partial charge on any atom is 0.262 e. The van der Waals surface area contributed by atoms with E-state index in [1.807, 2.05) is 25.1 Å². The van der Waals surface area contributed by atoms with Crippen LogP contribution in [0.3, 0.4) is 0 Å². The smallest absolute Gasteiger partial charge is 0.262 e. The highest BCUT2D eigenvalue weighted by Crippen LogP contribution is 2.49. The van der Waals surface area contributed by atoms with Crippen LogP contribution in [-0.2, 0) is 26.3 Å². The number of benzene rings is 2. The second kappa shape index (κ2) is 15.3. The fourth-order valence-corrected chi connectivity index (χ4v) is 11.4. The standard InChI is InChI=1S/C42H59ClN4O4S/c1-6-45-20-22-46(23-21-45)28-42(51-7-2)19-8-10-30(3)31(4)52(5,49)44-40(48)33-13-17-39-38(25-33)47(26-34-12-15-37(34)42)27-41(29-50-39)18-9-11-32-24-35(43)14-16-36(32)41/h8,13-14,16-17,19,24-25,30-31,34,37H,5-7,9-12,15,18,20-23,26-29H2,1-4H3,(H,44,48,49)/b19-8+/t30-,31+,34-,37+,41-,42+,52?/m0/s1. The first-order valence-corrected chi connectivity index (χ1v) is 21.9. The highest BCUT2D eigenvalue weighted by atomic mass is 35.5. The number of carbonyl (C=O) groups excluding carboxylic acids is 1. The summed E-state index contributed by atoms with van der Waals surface area (Å²) < 4.78 is 30.7. The highest BCUT2D eigenvalue weighted by molar-refractivity contribution is 7.99. The number of ether oxygens (including phenoxy) is 2. The molecule has 3 heterocycles. The number of aryl methyl sites for hydroxylation is 1. The van der Waals surface area contributed by atoms with Gasteiger partial charge in [-0.3, -0.25) is 14.4 Å². The van der Waals surface area contributed by atoms with Crippen molar-refractivity contribution in [2.24, 2.45) is 17.8 Å². The molecule has 2 aromatic carbocycles. The molecule has 8 nitrogen and oxygen atoms in total. The molecule has 3 aliphatic heterocycles. The largest absolute Gasteiger partial charge is 0.490 e. The number of amides is 1. The van der Waals surface area contributed by atoms with Gasteiger partial charge in [-0.15, -0.1) is 0 Å². The van der Waals surface area contributed by atoms with Crippen LogP contribution in [0.4, 0.5) is 5.69 Å². The van der Waals surface area contributed by atoms with Crippen molar-refractivity contribution in [3.8, 4) is 5.75 Å². The number of anilines is 1. The third kappa shape index (κ3) is 7.42. The van der Waals surface area contributed by atoms with Gasteiger partial charge in [0.2, 0.25) is 0 Å². The van der Waals surface area contributed by atoms with Gasteiger partial charge in [0.15, 0.2) is 0 Å². The summed E-state index contributed by atoms with van der Waals surface area (Å²) in [4.78, 5) is 21.5. The number of hydrogen-bond donors (Lipinski definition) is 1. The molecule has 2 aromatic rings. The van der Waals surface area contributed by atoms with Gasteiger partial charge in [0.25, 0.3) is 5.91 Å². The monoisotopic (exact) mass is 750 g/mol. The summed E-state index contributed by atoms with van der Waals surface area (Å²) in [6.07, 6.45) is 10.7. The normalized spacial score (nSPS) is 35.0. The molecule has 0 radical (unpaired) electrons. The summed E-state index contributed by atoms with van der Waals surface area (Å²) in [5.74, 6) is 5.28. The minimum absolute atomic E-state index is 0.0412. The first kappa shape index (κ1) is 37.7. The van der Waals surface area contributed by atoms with Gasteiger partial charge < -0.3 is 19.3 Å². The molecule has 284 valence electrons. The zero-order valence-corrected chi connectivity index (χ0v) is 33.3. The van der Waals surface area contributed by atoms with Crippen LogP contribution >= 0.6 is 11.6 Å². The van der Waals surface area contributed by atoms with E-state index < -0.39 is 15.3 Å². The molecule has 1 saturated heterocycles. The molecule has 0 aromatic heterocycles. The van der Waals surface area contributed by atoms with E-state index in [-0.39, 0.29) is 22.5 Å². The van der Waals surface area contributed by atoms with E-state index in [0.717, 1.165) is 107 Å². The summed E-state index contributed by atoms with van der Waals surface area (Å²) in [5, 5.41) is 0.447. The zero-order chi connectivity index (χ0) is 36.7. The Bertz CT molecular complexity index is 1760. The zero-order valence-electron chi connectivity index (χ0n) is 31.7. The molecule has 10 heteroatoms. The van der Waals surface area contributed by atoms with E-state index in [1.165, 1.54) is 11.1 Å². The van der Waals surface area contributed by atoms with Crippen LogP contribution in [0.25, 0.3) is 0 Å². The van der Waals surface area contributed by atoms with Crippen LogP contribution < -0.4 is 14.4 Å². The molecular weight excluding hydrogens is 692 g/mol. The third-order valence-electron chi connectivity index (χ3n) is 13.2. The lowest BCUT2D eigenvalue weighted by molar-refractivity contribution is -0.112. The lowest BCUT2D eigenvalue weighted by Crippen LogP contribution is -2.59. The molecule has 7 rings (SSSR count). The molecule has 2 bridgehead atoms. The summed E-state index contributed by atoms with van der Waals surface area (Å²) in [7, 11) is -2.95. The first-order chi connectivity index (χ1) is 25.0. The van der Waals surface area contributed by atoms with Gasteiger partial charge in [0, 0.05) is 73.7 Å². The third-order valence-corrected chi connectivity index (χ3v) is 15.6. The fraction of sp³-hybridized carbons (Fsp3) is 0.619. The summed E-state index contributed by atoms with van der Waals surface area (Å²) in [5.41, 5.74) is 3.37. The molecule has 5 aliphatic rings. The Morgan fingerprint density at radius 3 is 2.60 bits per heavy atom. The molecule has 52 heavy (non-hydrogen) atoms. The van der Waals surface area contributed by atoms with Crippen molar-refractivity contribution >= 4 is 38.8 Å². The van der Waals surface area contributed by atoms with E-state index in [9.17, 15) is 9.00 Å². The Kier molecular flexibility index (Phi) is 11.1. The molecule has 1 saturated carbocycles. The molecule has 1 amide bonds. The van der Waals surface area contributed by atoms with Crippen LogP contribution in [-0.4, -0.2) is 102 Å². The second-order valence-electron chi connectivity index (χ2n) is 16.3. The molecule has 1 N–H and O–H groups in total. The van der Waals surface area contributed by atoms with Crippen molar-refractivity contribution in [2.45, 2.75) is 82.5 Å². The maximum atomic E-state index is 14.1. The number of fused-ring (bicyclic) bond motifs is 4. The minimum atomic E-state index is -2.95. The second-order valence-corrected chi connectivity index (χ2v) is 19.1. The van der Waals surface area contributed by atoms with E-state index in [4.69, 9.17) is 21.1 Å². The molecule has 1 spiro atoms. The number of carbonyl (C=O) groups is 1. The van der Waals surface area contributed by atoms with Crippen LogP contribution in [0.5, 0.6) is 5.75 Å². The average Bonchev–Trinajstić information content (AvgIpc) is 3.26. The van der Waals surface area contributed by atoms with E-state index in [1.54, 1.807) is 6.07 Å². The predicted molar refractivity (Wildman–Crippen MR) is 214 cm³/mol. The Morgan fingerprint density at radius 2 is 1.87 bits per heavy atom. The topological polar surface area (TPSA) is 74.4 Å². The SMILES string of the molecule is C=S1(=O)NC(=O)c2ccc3c(c2)N(C[C@@H]2CC[C@H]2[C@@](CN2CCN(CC)CC2)(OCC)/C=C/C[C@H](C)[C@H]1C)C[C@@]1(CCCc2cc(Cl)ccc21)CO3. The van der Waals surface area contributed by atoms with Crippen molar-refractivity contribution in [1.82, 2.24) is 14.5 Å². The van der Waals surface area contributed by atoms with Crippen molar-refractivity contribution in [3.05, 3.63) is 70.3 Å². The quantitative estimate of drug-likeness (QED) is 0.273. The van der Waals surface area contributed by atoms with Gasteiger partial charge in [0.05, 0.1) is 22.0 Å². The highest BCUT2D eigenvalue weighted by Gasteiger charge is 2.50. The minimum Gasteiger partial charge on any atom is -0.490 e. The van der Waals surface area contributed by atoms with Crippen LogP contribution in [0.2, 0.25) is 5.02 Å². The van der Waals surface area contributed by atoms with Gasteiger partial charge in [-0.25, -0.2) is 4.21 Å². The van der Waals surface area contributed by atoms with E-state index in [0.29, 0.717) is 30.6 Å². The van der Waals surface area contributed by atoms with Crippen molar-refractivity contribution in [1.29, 1.82) is 0 Å². The van der Waals surface area contributed by atoms with Crippen molar-refractivity contribution in [2.75, 3.05) is 70.5 Å². The van der Waals surface area contributed by atoms with Gasteiger partial charge in [-0.2, -0.15) is 0 Å². The van der Waals surface area contributed by atoms with Crippen LogP contribution in [0.1, 0.15) is 81.3 Å². The van der Waals surface area contributed by atoms with Gasteiger partial charge in [0.1, 0.15) is 11.4 Å². The number of piperazine rings is 1. The van der Waals surface area contributed by atoms with Crippen LogP contribution in [0.15, 0.2) is 48.6 Å². The molecule has 2 aliphatic carbocycles. The fourth-order valence-electron chi connectivity index (χ4n) is 9.70. The molecule has 7 atom stereocenters. The Labute approximate surface area is 317 Å². The van der Waals surface area contributed by atoms with Gasteiger partial charge in [-0.05, 0) is 124 Å². The van der Waals surface area contributed by atoms with Gasteiger partial charge >= 0.3 is 0 Å². The Hall–Kier alpha value is -2.56. The number of allylic oxidation sites excluding steroid dienone is 1. The Balaban J connectivity index is 1.31. The van der Waals surface area contributed by atoms with E-state index in [2.05, 4.69) is 70.3 Å².